The first-order valence-electron chi connectivity index (χ1n) is 17.7. The highest BCUT2D eigenvalue weighted by molar-refractivity contribution is 7.09. The molecule has 1 aromatic heterocycles. The number of aromatic nitrogens is 1. The summed E-state index contributed by atoms with van der Waals surface area (Å²) in [5.41, 5.74) is 5.86. The van der Waals surface area contributed by atoms with Gasteiger partial charge in [0.05, 0.1) is 54.8 Å². The van der Waals surface area contributed by atoms with Gasteiger partial charge in [0, 0.05) is 39.4 Å². The molecule has 1 aliphatic heterocycles. The zero-order chi connectivity index (χ0) is 37.0. The summed E-state index contributed by atoms with van der Waals surface area (Å²) in [4.78, 5) is 61.5. The highest BCUT2D eigenvalue weighted by Gasteiger charge is 2.42. The summed E-state index contributed by atoms with van der Waals surface area (Å²) < 4.78 is 11.9. The van der Waals surface area contributed by atoms with Crippen LogP contribution in [0.4, 0.5) is 0 Å². The maximum absolute atomic E-state index is 14.1. The van der Waals surface area contributed by atoms with E-state index in [1.54, 1.807) is 46.2 Å². The molecule has 2 aromatic rings. The van der Waals surface area contributed by atoms with Crippen LogP contribution in [-0.4, -0.2) is 103 Å². The van der Waals surface area contributed by atoms with Crippen molar-refractivity contribution in [2.24, 2.45) is 17.6 Å². The minimum atomic E-state index is -1.12. The van der Waals surface area contributed by atoms with Gasteiger partial charge in [-0.25, -0.2) is 4.98 Å². The van der Waals surface area contributed by atoms with Gasteiger partial charge in [0.15, 0.2) is 0 Å². The molecule has 278 valence electrons. The molecule has 6 unspecified atom stereocenters. The van der Waals surface area contributed by atoms with E-state index in [4.69, 9.17) is 15.2 Å². The summed E-state index contributed by atoms with van der Waals surface area (Å²) in [6.45, 7) is 9.43. The van der Waals surface area contributed by atoms with Crippen LogP contribution in [0.15, 0.2) is 41.9 Å². The van der Waals surface area contributed by atoms with Gasteiger partial charge in [-0.2, -0.15) is 0 Å². The summed E-state index contributed by atoms with van der Waals surface area (Å²) >= 11 is 1.50. The van der Waals surface area contributed by atoms with Crippen molar-refractivity contribution in [1.82, 2.24) is 25.4 Å². The lowest BCUT2D eigenvalue weighted by atomic mass is 9.87. The van der Waals surface area contributed by atoms with E-state index in [0.29, 0.717) is 19.4 Å². The first kappa shape index (κ1) is 41.0. The average molecular weight is 715 g/mol. The van der Waals surface area contributed by atoms with Crippen LogP contribution in [0.2, 0.25) is 0 Å². The first-order chi connectivity index (χ1) is 23.8. The lowest BCUT2D eigenvalue weighted by Crippen LogP contribution is -2.56. The third kappa shape index (κ3) is 10.8. The van der Waals surface area contributed by atoms with Crippen molar-refractivity contribution in [3.05, 3.63) is 52.5 Å². The molecule has 0 aliphatic carbocycles. The molecule has 1 saturated heterocycles. The SMILES string of the molecule is CCC(CC)C(C(CC(=O)N1CCCC1C(OC)C(C)C(=O)NC(Cc1ccccc1)c1nccs1)OC)N(C)C(=O)CNC(=O)C(C)(C)N. The van der Waals surface area contributed by atoms with Crippen molar-refractivity contribution in [3.63, 3.8) is 0 Å². The Balaban J connectivity index is 1.75. The van der Waals surface area contributed by atoms with E-state index >= 15 is 0 Å². The Morgan fingerprint density at radius 3 is 2.36 bits per heavy atom. The first-order valence-corrected chi connectivity index (χ1v) is 18.6. The zero-order valence-corrected chi connectivity index (χ0v) is 31.8. The lowest BCUT2D eigenvalue weighted by Gasteiger charge is -2.40. The van der Waals surface area contributed by atoms with Gasteiger partial charge in [0.25, 0.3) is 0 Å². The van der Waals surface area contributed by atoms with E-state index in [1.807, 2.05) is 47.5 Å². The fourth-order valence-corrected chi connectivity index (χ4v) is 7.68. The molecular formula is C37H58N6O6S. The number of likely N-dealkylation sites (N-methyl/N-ethyl adjacent to an activating group) is 1. The Morgan fingerprint density at radius 1 is 1.12 bits per heavy atom. The van der Waals surface area contributed by atoms with Crippen LogP contribution in [0.1, 0.15) is 83.3 Å². The Bertz CT molecular complexity index is 1370. The molecular weight excluding hydrogens is 657 g/mol. The molecule has 2 heterocycles. The number of amides is 4. The normalized spacial score (nSPS) is 17.9. The molecule has 13 heteroatoms. The number of benzene rings is 1. The number of nitrogens with two attached hydrogens (primary N) is 1. The summed E-state index contributed by atoms with van der Waals surface area (Å²) in [5.74, 6) is -1.51. The largest absolute Gasteiger partial charge is 0.379 e. The van der Waals surface area contributed by atoms with Crippen LogP contribution in [0, 0.1) is 11.8 Å². The van der Waals surface area contributed by atoms with Crippen molar-refractivity contribution in [1.29, 1.82) is 0 Å². The minimum Gasteiger partial charge on any atom is -0.379 e. The molecule has 0 spiro atoms. The van der Waals surface area contributed by atoms with Crippen molar-refractivity contribution in [2.45, 2.75) is 109 Å². The molecule has 1 aliphatic rings. The van der Waals surface area contributed by atoms with E-state index in [0.717, 1.165) is 29.8 Å². The second kappa shape index (κ2) is 19.3. The van der Waals surface area contributed by atoms with E-state index in [2.05, 4.69) is 29.5 Å². The standard InChI is InChI=1S/C37H58N6O6S/c1-9-26(10-2)32(42(6)31(45)23-40-36(47)37(4,5)38)29(48-7)22-30(44)43-19-14-17-28(43)33(49-8)24(3)34(46)41-27(35-39-18-20-50-35)21-25-15-12-11-13-16-25/h11-13,15-16,18,20,24,26-29,32-33H,9-10,14,17,19,21-23,38H2,1-8H3,(H,40,47)(H,41,46). The van der Waals surface area contributed by atoms with Crippen molar-refractivity contribution >= 4 is 35.0 Å². The number of nitrogens with zero attached hydrogens (tertiary/aromatic N) is 3. The number of thiazole rings is 1. The van der Waals surface area contributed by atoms with Crippen molar-refractivity contribution in [2.75, 3.05) is 34.4 Å². The number of rotatable bonds is 19. The molecule has 6 atom stereocenters. The number of carbonyl (C=O) groups is 4. The molecule has 50 heavy (non-hydrogen) atoms. The van der Waals surface area contributed by atoms with E-state index in [-0.39, 0.29) is 48.7 Å². The van der Waals surface area contributed by atoms with Gasteiger partial charge in [-0.15, -0.1) is 11.3 Å². The van der Waals surface area contributed by atoms with Gasteiger partial charge >= 0.3 is 0 Å². The summed E-state index contributed by atoms with van der Waals surface area (Å²) in [6, 6.07) is 8.97. The topological polar surface area (TPSA) is 156 Å². The van der Waals surface area contributed by atoms with Crippen LogP contribution in [-0.2, 0) is 35.1 Å². The highest BCUT2D eigenvalue weighted by atomic mass is 32.1. The van der Waals surface area contributed by atoms with Crippen LogP contribution >= 0.6 is 11.3 Å². The van der Waals surface area contributed by atoms with E-state index < -0.39 is 35.6 Å². The van der Waals surface area contributed by atoms with Gasteiger partial charge in [-0.1, -0.05) is 63.9 Å². The Labute approximate surface area is 301 Å². The van der Waals surface area contributed by atoms with Gasteiger partial charge in [-0.3, -0.25) is 19.2 Å². The molecule has 0 bridgehead atoms. The molecule has 12 nitrogen and oxygen atoms in total. The molecule has 1 fully saturated rings. The summed E-state index contributed by atoms with van der Waals surface area (Å²) in [6.07, 6.45) is 4.28. The van der Waals surface area contributed by atoms with E-state index in [1.165, 1.54) is 11.3 Å². The third-order valence-electron chi connectivity index (χ3n) is 9.94. The summed E-state index contributed by atoms with van der Waals surface area (Å²) in [7, 11) is 4.84. The van der Waals surface area contributed by atoms with Gasteiger partial charge < -0.3 is 35.6 Å². The maximum atomic E-state index is 14.1. The Kier molecular flexibility index (Phi) is 15.8. The second-order valence-corrected chi connectivity index (χ2v) is 14.8. The average Bonchev–Trinajstić information content (AvgIpc) is 3.82. The minimum absolute atomic E-state index is 0.0498. The number of methoxy groups -OCH3 is 2. The fraction of sp³-hybridized carbons (Fsp3) is 0.649. The number of hydrogen-bond acceptors (Lipinski definition) is 9. The third-order valence-corrected chi connectivity index (χ3v) is 10.8. The highest BCUT2D eigenvalue weighted by Crippen LogP contribution is 2.31. The fourth-order valence-electron chi connectivity index (χ4n) is 7.00. The molecule has 4 amide bonds. The smallest absolute Gasteiger partial charge is 0.242 e. The quantitative estimate of drug-likeness (QED) is 0.199. The molecule has 0 saturated carbocycles. The number of hydrogen-bond donors (Lipinski definition) is 3. The Morgan fingerprint density at radius 2 is 1.80 bits per heavy atom. The monoisotopic (exact) mass is 714 g/mol. The number of ether oxygens (including phenoxy) is 2. The van der Waals surface area contributed by atoms with Crippen LogP contribution in [0.3, 0.4) is 0 Å². The molecule has 3 rings (SSSR count). The van der Waals surface area contributed by atoms with Gasteiger partial charge in [0.1, 0.15) is 5.01 Å². The van der Waals surface area contributed by atoms with Crippen LogP contribution < -0.4 is 16.4 Å². The number of nitrogens with one attached hydrogen (secondary N) is 2. The number of likely N-dealkylation sites (tertiary alicyclic amines) is 1. The predicted octanol–water partition coefficient (Wildman–Crippen LogP) is 3.71. The predicted molar refractivity (Wildman–Crippen MR) is 195 cm³/mol. The molecule has 0 radical (unpaired) electrons. The van der Waals surface area contributed by atoms with Gasteiger partial charge in [-0.05, 0) is 44.6 Å². The second-order valence-electron chi connectivity index (χ2n) is 13.9. The molecule has 4 N–H and O–H groups in total. The lowest BCUT2D eigenvalue weighted by molar-refractivity contribution is -0.146. The Hall–Kier alpha value is -3.39. The van der Waals surface area contributed by atoms with Crippen molar-refractivity contribution in [3.8, 4) is 0 Å². The van der Waals surface area contributed by atoms with Crippen LogP contribution in [0.25, 0.3) is 0 Å². The zero-order valence-electron chi connectivity index (χ0n) is 31.0. The van der Waals surface area contributed by atoms with E-state index in [9.17, 15) is 19.2 Å². The maximum Gasteiger partial charge on any atom is 0.242 e. The van der Waals surface area contributed by atoms with Gasteiger partial charge in [0.2, 0.25) is 23.6 Å². The molecule has 1 aromatic carbocycles. The number of carbonyl (C=O) groups excluding carboxylic acids is 4. The summed E-state index contributed by atoms with van der Waals surface area (Å²) in [5, 5.41) is 8.57. The van der Waals surface area contributed by atoms with Crippen LogP contribution in [0.5, 0.6) is 0 Å². The van der Waals surface area contributed by atoms with Crippen molar-refractivity contribution < 1.29 is 28.7 Å².